The lowest BCUT2D eigenvalue weighted by Crippen LogP contribution is -2.41. The summed E-state index contributed by atoms with van der Waals surface area (Å²) in [6.07, 6.45) is 1.15. The number of halogens is 1. The van der Waals surface area contributed by atoms with Crippen LogP contribution in [0.15, 0.2) is 24.3 Å². The molecule has 0 amide bonds. The monoisotopic (exact) mass is 273 g/mol. The molecule has 1 aromatic rings. The highest BCUT2D eigenvalue weighted by molar-refractivity contribution is 7.98. The number of aliphatic hydroxyl groups is 2. The van der Waals surface area contributed by atoms with E-state index in [9.17, 15) is 14.6 Å². The van der Waals surface area contributed by atoms with E-state index in [1.165, 1.54) is 12.1 Å². The SMILES string of the molecule is CSCC(C)(O)CNCC(O)c1cccc(F)c1. The highest BCUT2D eigenvalue weighted by Gasteiger charge is 2.19. The fourth-order valence-corrected chi connectivity index (χ4v) is 2.40. The Balaban J connectivity index is 2.40. The summed E-state index contributed by atoms with van der Waals surface area (Å²) in [5.41, 5.74) is -0.270. The molecule has 3 nitrogen and oxygen atoms in total. The summed E-state index contributed by atoms with van der Waals surface area (Å²) in [5.74, 6) is 0.261. The van der Waals surface area contributed by atoms with Gasteiger partial charge < -0.3 is 15.5 Å². The van der Waals surface area contributed by atoms with E-state index in [2.05, 4.69) is 5.32 Å². The Morgan fingerprint density at radius 3 is 2.83 bits per heavy atom. The number of thioether (sulfide) groups is 1. The average Bonchev–Trinajstić information content (AvgIpc) is 2.28. The number of hydrogen-bond donors (Lipinski definition) is 3. The molecule has 0 aromatic heterocycles. The summed E-state index contributed by atoms with van der Waals surface area (Å²) in [6, 6.07) is 5.90. The molecule has 1 rings (SSSR count). The van der Waals surface area contributed by atoms with Crippen molar-refractivity contribution in [1.29, 1.82) is 0 Å². The van der Waals surface area contributed by atoms with Crippen LogP contribution >= 0.6 is 11.8 Å². The third kappa shape index (κ3) is 5.35. The van der Waals surface area contributed by atoms with E-state index in [4.69, 9.17) is 0 Å². The lowest BCUT2D eigenvalue weighted by Gasteiger charge is -2.23. The van der Waals surface area contributed by atoms with Gasteiger partial charge in [0.1, 0.15) is 5.82 Å². The van der Waals surface area contributed by atoms with E-state index in [1.54, 1.807) is 30.8 Å². The lowest BCUT2D eigenvalue weighted by molar-refractivity contribution is 0.0786. The van der Waals surface area contributed by atoms with Crippen molar-refractivity contribution >= 4 is 11.8 Å². The van der Waals surface area contributed by atoms with Crippen LogP contribution in [0.2, 0.25) is 0 Å². The number of benzene rings is 1. The summed E-state index contributed by atoms with van der Waals surface area (Å²) in [4.78, 5) is 0. The topological polar surface area (TPSA) is 52.5 Å². The Kier molecular flexibility index (Phi) is 6.08. The first-order valence-electron chi connectivity index (χ1n) is 5.80. The van der Waals surface area contributed by atoms with E-state index < -0.39 is 11.7 Å². The van der Waals surface area contributed by atoms with Crippen LogP contribution in [-0.4, -0.2) is 40.9 Å². The molecule has 0 saturated carbocycles. The van der Waals surface area contributed by atoms with Crippen molar-refractivity contribution in [2.75, 3.05) is 25.1 Å². The van der Waals surface area contributed by atoms with Crippen LogP contribution in [0.1, 0.15) is 18.6 Å². The van der Waals surface area contributed by atoms with Gasteiger partial charge in [0.05, 0.1) is 11.7 Å². The van der Waals surface area contributed by atoms with Crippen molar-refractivity contribution < 1.29 is 14.6 Å². The van der Waals surface area contributed by atoms with E-state index >= 15 is 0 Å². The van der Waals surface area contributed by atoms with Gasteiger partial charge >= 0.3 is 0 Å². The van der Waals surface area contributed by atoms with E-state index in [-0.39, 0.29) is 12.4 Å². The average molecular weight is 273 g/mol. The Morgan fingerprint density at radius 2 is 2.22 bits per heavy atom. The summed E-state index contributed by atoms with van der Waals surface area (Å²) in [6.45, 7) is 2.42. The number of hydrogen-bond acceptors (Lipinski definition) is 4. The van der Waals surface area contributed by atoms with Crippen molar-refractivity contribution in [3.05, 3.63) is 35.6 Å². The van der Waals surface area contributed by atoms with Gasteiger partial charge in [0, 0.05) is 18.8 Å². The molecule has 2 unspecified atom stereocenters. The minimum atomic E-state index is -0.804. The van der Waals surface area contributed by atoms with Gasteiger partial charge in [-0.05, 0) is 30.9 Å². The molecule has 3 N–H and O–H groups in total. The maximum atomic E-state index is 13.0. The quantitative estimate of drug-likeness (QED) is 0.706. The fourth-order valence-electron chi connectivity index (χ4n) is 1.67. The molecule has 0 spiro atoms. The second-order valence-electron chi connectivity index (χ2n) is 4.63. The minimum absolute atomic E-state index is 0.286. The highest BCUT2D eigenvalue weighted by atomic mass is 32.2. The van der Waals surface area contributed by atoms with Crippen LogP contribution in [-0.2, 0) is 0 Å². The fraction of sp³-hybridized carbons (Fsp3) is 0.538. The number of nitrogens with one attached hydrogen (secondary N) is 1. The molecule has 5 heteroatoms. The molecular weight excluding hydrogens is 253 g/mol. The smallest absolute Gasteiger partial charge is 0.123 e. The summed E-state index contributed by atoms with van der Waals surface area (Å²) in [5, 5.41) is 22.8. The molecule has 0 aliphatic heterocycles. The standard InChI is InChI=1S/C13H20FNO2S/c1-13(17,9-18-2)8-15-7-12(16)10-4-3-5-11(14)6-10/h3-6,12,15-17H,7-9H2,1-2H3. The maximum Gasteiger partial charge on any atom is 0.123 e. The van der Waals surface area contributed by atoms with Crippen LogP contribution in [0.5, 0.6) is 0 Å². The summed E-state index contributed by atoms with van der Waals surface area (Å²) in [7, 11) is 0. The van der Waals surface area contributed by atoms with Gasteiger partial charge in [0.15, 0.2) is 0 Å². The van der Waals surface area contributed by atoms with Gasteiger partial charge in [-0.25, -0.2) is 4.39 Å². The third-order valence-electron chi connectivity index (χ3n) is 2.53. The first-order valence-corrected chi connectivity index (χ1v) is 7.19. The van der Waals surface area contributed by atoms with Crippen molar-refractivity contribution in [3.63, 3.8) is 0 Å². The zero-order valence-corrected chi connectivity index (χ0v) is 11.5. The molecule has 0 aliphatic carbocycles. The van der Waals surface area contributed by atoms with Crippen LogP contribution in [0.3, 0.4) is 0 Å². The Hall–Kier alpha value is -0.620. The van der Waals surface area contributed by atoms with Gasteiger partial charge in [0.2, 0.25) is 0 Å². The molecule has 0 saturated heterocycles. The summed E-state index contributed by atoms with van der Waals surface area (Å²) >= 11 is 1.56. The third-order valence-corrected chi connectivity index (χ3v) is 3.44. The molecule has 0 radical (unpaired) electrons. The molecule has 18 heavy (non-hydrogen) atoms. The Bertz CT molecular complexity index is 374. The minimum Gasteiger partial charge on any atom is -0.388 e. The van der Waals surface area contributed by atoms with Crippen molar-refractivity contribution in [1.82, 2.24) is 5.32 Å². The second-order valence-corrected chi connectivity index (χ2v) is 5.50. The van der Waals surface area contributed by atoms with Crippen LogP contribution in [0.25, 0.3) is 0 Å². The lowest BCUT2D eigenvalue weighted by atomic mass is 10.1. The van der Waals surface area contributed by atoms with E-state index in [0.717, 1.165) is 0 Å². The Morgan fingerprint density at radius 1 is 1.50 bits per heavy atom. The highest BCUT2D eigenvalue weighted by Crippen LogP contribution is 2.14. The predicted octanol–water partition coefficient (Wildman–Crippen LogP) is 1.56. The van der Waals surface area contributed by atoms with Crippen molar-refractivity contribution in [2.45, 2.75) is 18.6 Å². The van der Waals surface area contributed by atoms with Gasteiger partial charge in [-0.1, -0.05) is 12.1 Å². The molecular formula is C13H20FNO2S. The van der Waals surface area contributed by atoms with E-state index in [1.807, 2.05) is 6.26 Å². The van der Waals surface area contributed by atoms with Gasteiger partial charge in [-0.15, -0.1) is 0 Å². The van der Waals surface area contributed by atoms with Gasteiger partial charge in [-0.2, -0.15) is 11.8 Å². The molecule has 0 fully saturated rings. The zero-order valence-electron chi connectivity index (χ0n) is 10.7. The predicted molar refractivity (Wildman–Crippen MR) is 73.2 cm³/mol. The maximum absolute atomic E-state index is 13.0. The Labute approximate surface area is 111 Å². The number of rotatable bonds is 7. The molecule has 2 atom stereocenters. The zero-order chi connectivity index (χ0) is 13.6. The largest absolute Gasteiger partial charge is 0.388 e. The second kappa shape index (κ2) is 7.09. The molecule has 0 heterocycles. The van der Waals surface area contributed by atoms with Crippen molar-refractivity contribution in [3.8, 4) is 0 Å². The molecule has 0 bridgehead atoms. The normalized spacial score (nSPS) is 16.3. The first kappa shape index (κ1) is 15.4. The van der Waals surface area contributed by atoms with Gasteiger partial charge in [0.25, 0.3) is 0 Å². The van der Waals surface area contributed by atoms with Crippen LogP contribution < -0.4 is 5.32 Å². The molecule has 102 valence electrons. The summed E-state index contributed by atoms with van der Waals surface area (Å²) < 4.78 is 13.0. The molecule has 0 aliphatic rings. The molecule has 1 aromatic carbocycles. The van der Waals surface area contributed by atoms with Crippen molar-refractivity contribution in [2.24, 2.45) is 0 Å². The first-order chi connectivity index (χ1) is 8.44. The van der Waals surface area contributed by atoms with Crippen LogP contribution in [0.4, 0.5) is 4.39 Å². The van der Waals surface area contributed by atoms with Gasteiger partial charge in [-0.3, -0.25) is 0 Å². The van der Waals surface area contributed by atoms with E-state index in [0.29, 0.717) is 17.9 Å². The van der Waals surface area contributed by atoms with Crippen LogP contribution in [0, 0.1) is 5.82 Å². The number of aliphatic hydroxyl groups excluding tert-OH is 1.